The van der Waals surface area contributed by atoms with Crippen molar-refractivity contribution in [2.45, 2.75) is 0 Å². The Labute approximate surface area is 176 Å². The summed E-state index contributed by atoms with van der Waals surface area (Å²) >= 11 is 0. The predicted molar refractivity (Wildman–Crippen MR) is 126 cm³/mol. The smallest absolute Gasteiger partial charge is 0.156 e. The summed E-state index contributed by atoms with van der Waals surface area (Å²) in [5.41, 5.74) is 3.29. The molecule has 0 aliphatic heterocycles. The van der Waals surface area contributed by atoms with Gasteiger partial charge in [0.15, 0.2) is 17.5 Å². The van der Waals surface area contributed by atoms with Crippen LogP contribution in [-0.2, 0) is 0 Å². The minimum Gasteiger partial charge on any atom is -0.209 e. The van der Waals surface area contributed by atoms with Gasteiger partial charge in [0.05, 0.1) is 0 Å². The third kappa shape index (κ3) is 5.69. The molecule has 0 bridgehead atoms. The lowest BCUT2D eigenvalue weighted by atomic mass is 10.2. The molecule has 4 aromatic rings. The van der Waals surface area contributed by atoms with Crippen LogP contribution in [0.5, 0.6) is 0 Å². The predicted octanol–water partition coefficient (Wildman–Crippen LogP) is 6.38. The monoisotopic (exact) mass is 387 g/mol. The summed E-state index contributed by atoms with van der Waals surface area (Å²) in [7, 11) is 0. The van der Waals surface area contributed by atoms with Gasteiger partial charge in [0.1, 0.15) is 0 Å². The number of benzene rings is 3. The first-order valence-corrected chi connectivity index (χ1v) is 9.81. The van der Waals surface area contributed by atoms with Crippen molar-refractivity contribution in [3.8, 4) is 0 Å². The standard InChI is InChI=1S/C27H21N3/c1-4-10-22(11-5-1)16-19-25-28-26(20-17-23-12-6-2-7-13-23)30-27(29-25)21-18-24-14-8-3-9-15-24/h1-21H/b19-16-,20-17-,21-18-. The Morgan fingerprint density at radius 3 is 0.867 bits per heavy atom. The molecule has 0 N–H and O–H groups in total. The van der Waals surface area contributed by atoms with Gasteiger partial charge in [0, 0.05) is 0 Å². The molecule has 3 aromatic carbocycles. The second-order valence-electron chi connectivity index (χ2n) is 6.64. The molecule has 3 heteroatoms. The molecule has 0 amide bonds. The van der Waals surface area contributed by atoms with E-state index in [2.05, 4.69) is 15.0 Å². The van der Waals surface area contributed by atoms with Gasteiger partial charge in [-0.25, -0.2) is 15.0 Å². The van der Waals surface area contributed by atoms with Crippen LogP contribution in [0.2, 0.25) is 0 Å². The molecule has 1 aromatic heterocycles. The van der Waals surface area contributed by atoms with Gasteiger partial charge in [-0.1, -0.05) is 109 Å². The average Bonchev–Trinajstić information content (AvgIpc) is 2.82. The Bertz CT molecular complexity index is 999. The van der Waals surface area contributed by atoms with E-state index in [1.807, 2.05) is 127 Å². The fraction of sp³-hybridized carbons (Fsp3) is 0. The first-order chi connectivity index (χ1) is 14.8. The van der Waals surface area contributed by atoms with E-state index in [1.165, 1.54) is 0 Å². The van der Waals surface area contributed by atoms with E-state index in [9.17, 15) is 0 Å². The van der Waals surface area contributed by atoms with E-state index in [4.69, 9.17) is 0 Å². The molecule has 0 atom stereocenters. The largest absolute Gasteiger partial charge is 0.209 e. The zero-order valence-electron chi connectivity index (χ0n) is 16.5. The first-order valence-electron chi connectivity index (χ1n) is 9.81. The molecule has 1 heterocycles. The fourth-order valence-electron chi connectivity index (χ4n) is 2.86. The maximum Gasteiger partial charge on any atom is 0.156 e. The number of nitrogens with zero attached hydrogens (tertiary/aromatic N) is 3. The van der Waals surface area contributed by atoms with E-state index < -0.39 is 0 Å². The van der Waals surface area contributed by atoms with Crippen LogP contribution in [0.25, 0.3) is 36.5 Å². The highest BCUT2D eigenvalue weighted by Gasteiger charge is 2.01. The highest BCUT2D eigenvalue weighted by atomic mass is 15.0. The van der Waals surface area contributed by atoms with E-state index in [1.54, 1.807) is 0 Å². The maximum absolute atomic E-state index is 4.59. The molecule has 0 saturated heterocycles. The van der Waals surface area contributed by atoms with Crippen molar-refractivity contribution in [2.24, 2.45) is 0 Å². The Morgan fingerprint density at radius 1 is 0.333 bits per heavy atom. The normalized spacial score (nSPS) is 11.6. The van der Waals surface area contributed by atoms with E-state index in [0.29, 0.717) is 17.5 Å². The molecule has 144 valence electrons. The van der Waals surface area contributed by atoms with Crippen LogP contribution in [0.3, 0.4) is 0 Å². The first kappa shape index (κ1) is 19.2. The zero-order valence-corrected chi connectivity index (χ0v) is 16.5. The maximum atomic E-state index is 4.59. The molecule has 0 radical (unpaired) electrons. The third-order valence-corrected chi connectivity index (χ3v) is 4.36. The summed E-state index contributed by atoms with van der Waals surface area (Å²) in [5.74, 6) is 1.86. The minimum atomic E-state index is 0.620. The van der Waals surface area contributed by atoms with Crippen LogP contribution in [-0.4, -0.2) is 15.0 Å². The van der Waals surface area contributed by atoms with Crippen LogP contribution in [0.4, 0.5) is 0 Å². The lowest BCUT2D eigenvalue weighted by molar-refractivity contribution is 0.991. The summed E-state index contributed by atoms with van der Waals surface area (Å²) in [6.07, 6.45) is 11.8. The van der Waals surface area contributed by atoms with Crippen molar-refractivity contribution >= 4 is 36.5 Å². The molecule has 0 aliphatic carbocycles. The van der Waals surface area contributed by atoms with E-state index >= 15 is 0 Å². The van der Waals surface area contributed by atoms with Gasteiger partial charge in [0.25, 0.3) is 0 Å². The molecule has 0 aliphatic rings. The Balaban J connectivity index is 1.65. The second-order valence-corrected chi connectivity index (χ2v) is 6.64. The number of hydrogen-bond acceptors (Lipinski definition) is 3. The van der Waals surface area contributed by atoms with Crippen molar-refractivity contribution < 1.29 is 0 Å². The van der Waals surface area contributed by atoms with Gasteiger partial charge in [-0.15, -0.1) is 0 Å². The van der Waals surface area contributed by atoms with Crippen LogP contribution >= 0.6 is 0 Å². The summed E-state index contributed by atoms with van der Waals surface area (Å²) in [6.45, 7) is 0. The molecule has 0 unspecified atom stereocenters. The van der Waals surface area contributed by atoms with Crippen LogP contribution in [0.15, 0.2) is 91.0 Å². The van der Waals surface area contributed by atoms with Gasteiger partial charge in [0.2, 0.25) is 0 Å². The van der Waals surface area contributed by atoms with Crippen molar-refractivity contribution in [1.29, 1.82) is 0 Å². The average molecular weight is 387 g/mol. The van der Waals surface area contributed by atoms with Gasteiger partial charge >= 0.3 is 0 Å². The van der Waals surface area contributed by atoms with Crippen molar-refractivity contribution in [3.63, 3.8) is 0 Å². The highest BCUT2D eigenvalue weighted by Crippen LogP contribution is 2.10. The van der Waals surface area contributed by atoms with Crippen LogP contribution in [0.1, 0.15) is 34.2 Å². The molecule has 3 nitrogen and oxygen atoms in total. The molecular formula is C27H21N3. The van der Waals surface area contributed by atoms with Crippen molar-refractivity contribution in [3.05, 3.63) is 125 Å². The Hall–Kier alpha value is -4.11. The summed E-state index contributed by atoms with van der Waals surface area (Å²) < 4.78 is 0. The van der Waals surface area contributed by atoms with Gasteiger partial charge in [-0.05, 0) is 34.9 Å². The molecule has 0 spiro atoms. The quantitative estimate of drug-likeness (QED) is 0.385. The van der Waals surface area contributed by atoms with Gasteiger partial charge < -0.3 is 0 Å². The van der Waals surface area contributed by atoms with Crippen LogP contribution in [0, 0.1) is 0 Å². The number of hydrogen-bond donors (Lipinski definition) is 0. The summed E-state index contributed by atoms with van der Waals surface area (Å²) in [5, 5.41) is 0. The SMILES string of the molecule is C(=C/c1nc(/C=C\c2ccccc2)nc(/C=C\c2ccccc2)n1)/c1ccccc1. The fourth-order valence-corrected chi connectivity index (χ4v) is 2.86. The van der Waals surface area contributed by atoms with Crippen molar-refractivity contribution in [1.82, 2.24) is 15.0 Å². The minimum absolute atomic E-state index is 0.620. The molecule has 4 rings (SSSR count). The summed E-state index contributed by atoms with van der Waals surface area (Å²) in [6, 6.07) is 30.3. The zero-order chi connectivity index (χ0) is 20.4. The topological polar surface area (TPSA) is 38.7 Å². The number of rotatable bonds is 6. The molecule has 0 fully saturated rings. The summed E-state index contributed by atoms with van der Waals surface area (Å²) in [4.78, 5) is 13.8. The Kier molecular flexibility index (Phi) is 6.34. The number of aromatic nitrogens is 3. The second kappa shape index (κ2) is 9.89. The molecular weight excluding hydrogens is 366 g/mol. The van der Waals surface area contributed by atoms with E-state index in [0.717, 1.165) is 16.7 Å². The Morgan fingerprint density at radius 2 is 0.600 bits per heavy atom. The van der Waals surface area contributed by atoms with Crippen molar-refractivity contribution in [2.75, 3.05) is 0 Å². The molecule has 0 saturated carbocycles. The lowest BCUT2D eigenvalue weighted by Crippen LogP contribution is -1.99. The van der Waals surface area contributed by atoms with Gasteiger partial charge in [-0.3, -0.25) is 0 Å². The highest BCUT2D eigenvalue weighted by molar-refractivity contribution is 5.71. The van der Waals surface area contributed by atoms with E-state index in [-0.39, 0.29) is 0 Å². The molecule has 30 heavy (non-hydrogen) atoms. The third-order valence-electron chi connectivity index (χ3n) is 4.36. The van der Waals surface area contributed by atoms with Crippen LogP contribution < -0.4 is 0 Å². The lowest BCUT2D eigenvalue weighted by Gasteiger charge is -2.00. The van der Waals surface area contributed by atoms with Gasteiger partial charge in [-0.2, -0.15) is 0 Å².